The van der Waals surface area contributed by atoms with Gasteiger partial charge in [-0.05, 0) is 37.1 Å². The summed E-state index contributed by atoms with van der Waals surface area (Å²) in [6.45, 7) is 1.58. The molecule has 100 valence electrons. The van der Waals surface area contributed by atoms with Crippen LogP contribution in [0.25, 0.3) is 0 Å². The van der Waals surface area contributed by atoms with E-state index in [9.17, 15) is 4.79 Å². The van der Waals surface area contributed by atoms with Crippen molar-refractivity contribution < 1.29 is 4.79 Å². The van der Waals surface area contributed by atoms with Crippen LogP contribution in [-0.2, 0) is 11.3 Å². The number of hydrogen-bond donors (Lipinski definition) is 2. The lowest BCUT2D eigenvalue weighted by atomic mass is 10.1. The van der Waals surface area contributed by atoms with Gasteiger partial charge in [0.25, 0.3) is 0 Å². The van der Waals surface area contributed by atoms with Gasteiger partial charge in [-0.15, -0.1) is 12.4 Å². The first-order chi connectivity index (χ1) is 8.24. The second-order valence-corrected chi connectivity index (χ2v) is 4.84. The summed E-state index contributed by atoms with van der Waals surface area (Å²) in [6.07, 6.45) is 2.84. The lowest BCUT2D eigenvalue weighted by Gasteiger charge is -2.10. The van der Waals surface area contributed by atoms with Crippen LogP contribution in [0.4, 0.5) is 0 Å². The third-order valence-corrected chi connectivity index (χ3v) is 3.21. The zero-order chi connectivity index (χ0) is 12.1. The Bertz CT molecular complexity index is 392. The molecule has 0 spiro atoms. The van der Waals surface area contributed by atoms with Crippen molar-refractivity contribution in [3.8, 4) is 0 Å². The lowest BCUT2D eigenvalue weighted by molar-refractivity contribution is -0.121. The molecule has 0 aromatic heterocycles. The SMILES string of the molecule is Cl.O=C(CC1CCCN1)NCc1cccc(Cl)c1. The third kappa shape index (κ3) is 4.84. The van der Waals surface area contributed by atoms with Crippen LogP contribution < -0.4 is 10.6 Å². The van der Waals surface area contributed by atoms with Gasteiger partial charge in [0.05, 0.1) is 0 Å². The number of hydrogen-bond acceptors (Lipinski definition) is 2. The molecule has 1 aliphatic heterocycles. The predicted molar refractivity (Wildman–Crippen MR) is 76.2 cm³/mol. The van der Waals surface area contributed by atoms with Crippen LogP contribution in [0.5, 0.6) is 0 Å². The van der Waals surface area contributed by atoms with E-state index in [4.69, 9.17) is 11.6 Å². The number of carbonyl (C=O) groups excluding carboxylic acids is 1. The second-order valence-electron chi connectivity index (χ2n) is 4.40. The van der Waals surface area contributed by atoms with Gasteiger partial charge < -0.3 is 10.6 Å². The fourth-order valence-corrected chi connectivity index (χ4v) is 2.29. The summed E-state index contributed by atoms with van der Waals surface area (Å²) in [4.78, 5) is 11.7. The van der Waals surface area contributed by atoms with E-state index in [1.165, 1.54) is 6.42 Å². The molecule has 3 nitrogen and oxygen atoms in total. The molecule has 2 rings (SSSR count). The number of benzene rings is 1. The first kappa shape index (κ1) is 15.3. The molecule has 1 fully saturated rings. The fraction of sp³-hybridized carbons (Fsp3) is 0.462. The molecule has 1 aromatic rings. The molecule has 18 heavy (non-hydrogen) atoms. The maximum absolute atomic E-state index is 11.7. The largest absolute Gasteiger partial charge is 0.352 e. The number of halogens is 2. The Balaban J connectivity index is 0.00000162. The van der Waals surface area contributed by atoms with Crippen molar-refractivity contribution in [2.75, 3.05) is 6.54 Å². The summed E-state index contributed by atoms with van der Waals surface area (Å²) < 4.78 is 0. The molecule has 0 radical (unpaired) electrons. The molecule has 5 heteroatoms. The molecule has 1 unspecified atom stereocenters. The first-order valence-electron chi connectivity index (χ1n) is 5.98. The Kier molecular flexibility index (Phi) is 6.47. The Morgan fingerprint density at radius 2 is 2.33 bits per heavy atom. The highest BCUT2D eigenvalue weighted by Gasteiger charge is 2.17. The van der Waals surface area contributed by atoms with Crippen molar-refractivity contribution in [1.29, 1.82) is 0 Å². The van der Waals surface area contributed by atoms with E-state index in [0.717, 1.165) is 18.5 Å². The molecule has 1 aromatic carbocycles. The van der Waals surface area contributed by atoms with Crippen molar-refractivity contribution in [3.05, 3.63) is 34.9 Å². The quantitative estimate of drug-likeness (QED) is 0.894. The van der Waals surface area contributed by atoms with Crippen LogP contribution in [0.3, 0.4) is 0 Å². The minimum absolute atomic E-state index is 0. The topological polar surface area (TPSA) is 41.1 Å². The molecule has 0 aliphatic carbocycles. The van der Waals surface area contributed by atoms with Crippen LogP contribution in [0.15, 0.2) is 24.3 Å². The highest BCUT2D eigenvalue weighted by molar-refractivity contribution is 6.30. The average Bonchev–Trinajstić information content (AvgIpc) is 2.79. The van der Waals surface area contributed by atoms with E-state index in [1.807, 2.05) is 24.3 Å². The van der Waals surface area contributed by atoms with Crippen molar-refractivity contribution in [1.82, 2.24) is 10.6 Å². The molecular formula is C13H18Cl2N2O. The van der Waals surface area contributed by atoms with Gasteiger partial charge in [-0.3, -0.25) is 4.79 Å². The van der Waals surface area contributed by atoms with Crippen LogP contribution in [0.1, 0.15) is 24.8 Å². The van der Waals surface area contributed by atoms with E-state index in [2.05, 4.69) is 10.6 Å². The van der Waals surface area contributed by atoms with E-state index in [-0.39, 0.29) is 18.3 Å². The molecule has 0 bridgehead atoms. The molecule has 1 atom stereocenters. The van der Waals surface area contributed by atoms with Gasteiger partial charge in [-0.2, -0.15) is 0 Å². The Labute approximate surface area is 119 Å². The summed E-state index contributed by atoms with van der Waals surface area (Å²) >= 11 is 5.87. The summed E-state index contributed by atoms with van der Waals surface area (Å²) in [6, 6.07) is 7.90. The van der Waals surface area contributed by atoms with E-state index in [0.29, 0.717) is 24.0 Å². The Hall–Kier alpha value is -0.770. The molecule has 1 saturated heterocycles. The summed E-state index contributed by atoms with van der Waals surface area (Å²) in [5, 5.41) is 6.93. The summed E-state index contributed by atoms with van der Waals surface area (Å²) in [5.74, 6) is 0.101. The fourth-order valence-electron chi connectivity index (χ4n) is 2.07. The maximum atomic E-state index is 11.7. The van der Waals surface area contributed by atoms with Gasteiger partial charge in [0.1, 0.15) is 0 Å². The monoisotopic (exact) mass is 288 g/mol. The van der Waals surface area contributed by atoms with Crippen molar-refractivity contribution >= 4 is 29.9 Å². The van der Waals surface area contributed by atoms with E-state index in [1.54, 1.807) is 0 Å². The van der Waals surface area contributed by atoms with Gasteiger partial charge in [0, 0.05) is 24.0 Å². The van der Waals surface area contributed by atoms with Crippen LogP contribution in [0.2, 0.25) is 5.02 Å². The van der Waals surface area contributed by atoms with Crippen molar-refractivity contribution in [2.45, 2.75) is 31.8 Å². The minimum Gasteiger partial charge on any atom is -0.352 e. The maximum Gasteiger partial charge on any atom is 0.221 e. The molecule has 1 aliphatic rings. The highest BCUT2D eigenvalue weighted by Crippen LogP contribution is 2.11. The number of rotatable bonds is 4. The predicted octanol–water partition coefficient (Wildman–Crippen LogP) is 2.52. The van der Waals surface area contributed by atoms with Crippen LogP contribution in [0, 0.1) is 0 Å². The molecule has 1 amide bonds. The first-order valence-corrected chi connectivity index (χ1v) is 6.36. The van der Waals surface area contributed by atoms with Gasteiger partial charge >= 0.3 is 0 Å². The van der Waals surface area contributed by atoms with Gasteiger partial charge in [-0.25, -0.2) is 0 Å². The third-order valence-electron chi connectivity index (χ3n) is 2.97. The number of carbonyl (C=O) groups is 1. The Morgan fingerprint density at radius 1 is 1.50 bits per heavy atom. The van der Waals surface area contributed by atoms with Crippen molar-refractivity contribution in [2.24, 2.45) is 0 Å². The van der Waals surface area contributed by atoms with Crippen LogP contribution >= 0.6 is 24.0 Å². The molecule has 0 saturated carbocycles. The summed E-state index contributed by atoms with van der Waals surface area (Å²) in [7, 11) is 0. The zero-order valence-corrected chi connectivity index (χ0v) is 11.7. The zero-order valence-electron chi connectivity index (χ0n) is 10.1. The lowest BCUT2D eigenvalue weighted by Crippen LogP contribution is -2.31. The second kappa shape index (κ2) is 7.62. The summed E-state index contributed by atoms with van der Waals surface area (Å²) in [5.41, 5.74) is 1.03. The smallest absolute Gasteiger partial charge is 0.221 e. The Morgan fingerprint density at radius 3 is 3.00 bits per heavy atom. The van der Waals surface area contributed by atoms with E-state index >= 15 is 0 Å². The van der Waals surface area contributed by atoms with Gasteiger partial charge in [-0.1, -0.05) is 23.7 Å². The number of nitrogens with one attached hydrogen (secondary N) is 2. The highest BCUT2D eigenvalue weighted by atomic mass is 35.5. The standard InChI is InChI=1S/C13H17ClN2O.ClH/c14-11-4-1-3-10(7-11)9-16-13(17)8-12-5-2-6-15-12;/h1,3-4,7,12,15H,2,5-6,8-9H2,(H,16,17);1H. The van der Waals surface area contributed by atoms with Crippen LogP contribution in [-0.4, -0.2) is 18.5 Å². The molecule has 1 heterocycles. The van der Waals surface area contributed by atoms with Crippen molar-refractivity contribution in [3.63, 3.8) is 0 Å². The number of amides is 1. The minimum atomic E-state index is 0. The van der Waals surface area contributed by atoms with E-state index < -0.39 is 0 Å². The normalized spacial score (nSPS) is 18.2. The average molecular weight is 289 g/mol. The molecular weight excluding hydrogens is 271 g/mol. The van der Waals surface area contributed by atoms with Gasteiger partial charge in [0.15, 0.2) is 0 Å². The molecule has 2 N–H and O–H groups in total. The van der Waals surface area contributed by atoms with Gasteiger partial charge in [0.2, 0.25) is 5.91 Å².